The Morgan fingerprint density at radius 1 is 1.29 bits per heavy atom. The lowest BCUT2D eigenvalue weighted by atomic mass is 10.1. The molecule has 0 spiro atoms. The van der Waals surface area contributed by atoms with Crippen molar-refractivity contribution < 1.29 is 9.84 Å². The van der Waals surface area contributed by atoms with Crippen molar-refractivity contribution >= 4 is 0 Å². The summed E-state index contributed by atoms with van der Waals surface area (Å²) in [5, 5.41) is 8.55. The Bertz CT molecular complexity index is 263. The second kappa shape index (κ2) is 6.54. The van der Waals surface area contributed by atoms with Crippen LogP contribution in [0.3, 0.4) is 0 Å². The van der Waals surface area contributed by atoms with E-state index in [1.165, 1.54) is 0 Å². The first-order chi connectivity index (χ1) is 6.86. The van der Waals surface area contributed by atoms with E-state index in [2.05, 4.69) is 0 Å². The predicted octanol–water partition coefficient (Wildman–Crippen LogP) is 1.04. The predicted molar refractivity (Wildman–Crippen MR) is 55.7 cm³/mol. The number of ether oxygens (including phenoxy) is 1. The molecule has 0 saturated carbocycles. The highest BCUT2D eigenvalue weighted by Gasteiger charge is 1.94. The molecule has 0 amide bonds. The molecule has 0 bridgehead atoms. The summed E-state index contributed by atoms with van der Waals surface area (Å²) < 4.78 is 5.36. The molecule has 1 aromatic carbocycles. The van der Waals surface area contributed by atoms with Crippen LogP contribution in [0.4, 0.5) is 0 Å². The number of hydrogen-bond acceptors (Lipinski definition) is 3. The Labute approximate surface area is 84.5 Å². The Morgan fingerprint density at radius 3 is 2.79 bits per heavy atom. The van der Waals surface area contributed by atoms with Gasteiger partial charge in [-0.15, -0.1) is 0 Å². The smallest absolute Gasteiger partial charge is 0.0716 e. The van der Waals surface area contributed by atoms with Crippen LogP contribution in [-0.4, -0.2) is 18.3 Å². The van der Waals surface area contributed by atoms with Crippen LogP contribution in [0.25, 0.3) is 0 Å². The van der Waals surface area contributed by atoms with Gasteiger partial charge >= 0.3 is 0 Å². The van der Waals surface area contributed by atoms with Crippen molar-refractivity contribution in [2.75, 3.05) is 13.2 Å². The van der Waals surface area contributed by atoms with Gasteiger partial charge in [-0.1, -0.05) is 24.3 Å². The zero-order chi connectivity index (χ0) is 10.2. The maximum atomic E-state index is 8.55. The van der Waals surface area contributed by atoms with Crippen molar-refractivity contribution in [3.63, 3.8) is 0 Å². The van der Waals surface area contributed by atoms with Crippen molar-refractivity contribution in [2.45, 2.75) is 19.6 Å². The Balaban J connectivity index is 2.34. The van der Waals surface area contributed by atoms with E-state index >= 15 is 0 Å². The summed E-state index contributed by atoms with van der Waals surface area (Å²) in [7, 11) is 0. The largest absolute Gasteiger partial charge is 0.396 e. The van der Waals surface area contributed by atoms with Gasteiger partial charge in [0, 0.05) is 19.8 Å². The van der Waals surface area contributed by atoms with Gasteiger partial charge in [0.05, 0.1) is 6.61 Å². The van der Waals surface area contributed by atoms with Crippen LogP contribution in [0.15, 0.2) is 24.3 Å². The van der Waals surface area contributed by atoms with Gasteiger partial charge in [-0.25, -0.2) is 0 Å². The number of nitrogens with two attached hydrogens (primary N) is 1. The lowest BCUT2D eigenvalue weighted by molar-refractivity contribution is 0.104. The first-order valence-electron chi connectivity index (χ1n) is 4.83. The van der Waals surface area contributed by atoms with Crippen molar-refractivity contribution in [3.05, 3.63) is 35.4 Å². The number of aliphatic hydroxyl groups excluding tert-OH is 1. The van der Waals surface area contributed by atoms with Gasteiger partial charge in [0.25, 0.3) is 0 Å². The molecule has 14 heavy (non-hydrogen) atoms. The van der Waals surface area contributed by atoms with E-state index in [-0.39, 0.29) is 6.61 Å². The first kappa shape index (κ1) is 11.2. The van der Waals surface area contributed by atoms with Gasteiger partial charge in [-0.2, -0.15) is 0 Å². The third-order valence-electron chi connectivity index (χ3n) is 1.94. The van der Waals surface area contributed by atoms with Gasteiger partial charge in [-0.3, -0.25) is 0 Å². The molecule has 0 saturated heterocycles. The van der Waals surface area contributed by atoms with Gasteiger partial charge < -0.3 is 15.6 Å². The summed E-state index contributed by atoms with van der Waals surface area (Å²) in [4.78, 5) is 0. The first-order valence-corrected chi connectivity index (χ1v) is 4.83. The minimum Gasteiger partial charge on any atom is -0.396 e. The lowest BCUT2D eigenvalue weighted by Crippen LogP contribution is -2.00. The standard InChI is InChI=1S/C11H17NO2/c12-8-10-3-1-4-11(7-10)9-14-6-2-5-13/h1,3-4,7,13H,2,5-6,8-9,12H2. The van der Waals surface area contributed by atoms with E-state index in [1.54, 1.807) is 0 Å². The molecular weight excluding hydrogens is 178 g/mol. The van der Waals surface area contributed by atoms with Crippen molar-refractivity contribution in [1.29, 1.82) is 0 Å². The van der Waals surface area contributed by atoms with Crippen LogP contribution in [0.1, 0.15) is 17.5 Å². The zero-order valence-electron chi connectivity index (χ0n) is 8.28. The fourth-order valence-electron chi connectivity index (χ4n) is 1.20. The number of benzene rings is 1. The summed E-state index contributed by atoms with van der Waals surface area (Å²) in [6, 6.07) is 8.03. The van der Waals surface area contributed by atoms with Crippen LogP contribution >= 0.6 is 0 Å². The van der Waals surface area contributed by atoms with Gasteiger partial charge in [0.1, 0.15) is 0 Å². The Kier molecular flexibility index (Phi) is 5.22. The molecule has 0 atom stereocenters. The van der Waals surface area contributed by atoms with Crippen LogP contribution in [-0.2, 0) is 17.9 Å². The molecule has 1 rings (SSSR count). The van der Waals surface area contributed by atoms with Crippen LogP contribution in [0.5, 0.6) is 0 Å². The number of aliphatic hydroxyl groups is 1. The average Bonchev–Trinajstić information content (AvgIpc) is 2.25. The maximum absolute atomic E-state index is 8.55. The molecule has 0 aliphatic heterocycles. The molecule has 0 fully saturated rings. The van der Waals surface area contributed by atoms with Crippen LogP contribution < -0.4 is 5.73 Å². The second-order valence-electron chi connectivity index (χ2n) is 3.15. The second-order valence-corrected chi connectivity index (χ2v) is 3.15. The van der Waals surface area contributed by atoms with Gasteiger partial charge in [0.15, 0.2) is 0 Å². The highest BCUT2D eigenvalue weighted by Crippen LogP contribution is 2.05. The van der Waals surface area contributed by atoms with Crippen LogP contribution in [0.2, 0.25) is 0 Å². The highest BCUT2D eigenvalue weighted by molar-refractivity contribution is 5.22. The fraction of sp³-hybridized carbons (Fsp3) is 0.455. The van der Waals surface area contributed by atoms with E-state index in [9.17, 15) is 0 Å². The summed E-state index contributed by atoms with van der Waals surface area (Å²) in [5.41, 5.74) is 7.77. The Morgan fingerprint density at radius 2 is 2.07 bits per heavy atom. The summed E-state index contributed by atoms with van der Waals surface area (Å²) in [5.74, 6) is 0. The van der Waals surface area contributed by atoms with E-state index < -0.39 is 0 Å². The summed E-state index contributed by atoms with van der Waals surface area (Å²) in [6.07, 6.45) is 0.691. The van der Waals surface area contributed by atoms with Crippen molar-refractivity contribution in [1.82, 2.24) is 0 Å². The van der Waals surface area contributed by atoms with Crippen LogP contribution in [0, 0.1) is 0 Å². The minimum atomic E-state index is 0.183. The number of hydrogen-bond donors (Lipinski definition) is 2. The molecule has 0 unspecified atom stereocenters. The maximum Gasteiger partial charge on any atom is 0.0716 e. The lowest BCUT2D eigenvalue weighted by Gasteiger charge is -2.04. The fourth-order valence-corrected chi connectivity index (χ4v) is 1.20. The molecule has 3 nitrogen and oxygen atoms in total. The quantitative estimate of drug-likeness (QED) is 0.667. The van der Waals surface area contributed by atoms with E-state index in [0.29, 0.717) is 26.2 Å². The summed E-state index contributed by atoms with van der Waals surface area (Å²) in [6.45, 7) is 1.94. The molecule has 3 N–H and O–H groups in total. The molecule has 0 aliphatic rings. The highest BCUT2D eigenvalue weighted by atomic mass is 16.5. The van der Waals surface area contributed by atoms with Crippen molar-refractivity contribution in [2.24, 2.45) is 5.73 Å². The molecule has 0 aliphatic carbocycles. The minimum absolute atomic E-state index is 0.183. The zero-order valence-corrected chi connectivity index (χ0v) is 8.28. The summed E-state index contributed by atoms with van der Waals surface area (Å²) >= 11 is 0. The normalized spacial score (nSPS) is 10.4. The Hall–Kier alpha value is -0.900. The molecule has 0 heterocycles. The third kappa shape index (κ3) is 3.87. The molecular formula is C11H17NO2. The molecule has 0 radical (unpaired) electrons. The third-order valence-corrected chi connectivity index (χ3v) is 1.94. The molecule has 1 aromatic rings. The molecule has 78 valence electrons. The monoisotopic (exact) mass is 195 g/mol. The molecule has 3 heteroatoms. The topological polar surface area (TPSA) is 55.5 Å². The average molecular weight is 195 g/mol. The van der Waals surface area contributed by atoms with E-state index in [1.807, 2.05) is 24.3 Å². The SMILES string of the molecule is NCc1cccc(COCCCO)c1. The van der Waals surface area contributed by atoms with E-state index in [4.69, 9.17) is 15.6 Å². The van der Waals surface area contributed by atoms with Gasteiger partial charge in [0.2, 0.25) is 0 Å². The molecule has 0 aromatic heterocycles. The van der Waals surface area contributed by atoms with Gasteiger partial charge in [-0.05, 0) is 17.5 Å². The number of rotatable bonds is 6. The van der Waals surface area contributed by atoms with Crippen molar-refractivity contribution in [3.8, 4) is 0 Å². The van der Waals surface area contributed by atoms with E-state index in [0.717, 1.165) is 11.1 Å².